The minimum absolute atomic E-state index is 0.0630. The molecule has 6 heteroatoms. The second-order valence-electron chi connectivity index (χ2n) is 5.50. The Kier molecular flexibility index (Phi) is 4.61. The van der Waals surface area contributed by atoms with Gasteiger partial charge < -0.3 is 10.1 Å². The largest absolute Gasteiger partial charge is 0.474 e. The summed E-state index contributed by atoms with van der Waals surface area (Å²) in [5.41, 5.74) is 0.494. The van der Waals surface area contributed by atoms with Crippen LogP contribution < -0.4 is 10.1 Å². The molecule has 0 aliphatic rings. The fraction of sp³-hybridized carbons (Fsp3) is 0.105. The molecule has 0 radical (unpaired) electrons. The molecule has 1 N–H and O–H groups in total. The van der Waals surface area contributed by atoms with E-state index in [0.29, 0.717) is 5.69 Å². The highest BCUT2D eigenvalue weighted by molar-refractivity contribution is 6.03. The third-order valence-corrected chi connectivity index (χ3v) is 3.78. The van der Waals surface area contributed by atoms with E-state index in [9.17, 15) is 14.9 Å². The molecule has 0 aliphatic heterocycles. The summed E-state index contributed by atoms with van der Waals surface area (Å²) in [6.45, 7) is 1.55. The van der Waals surface area contributed by atoms with Crippen LogP contribution in [0.4, 0.5) is 11.4 Å². The Hall–Kier alpha value is -3.41. The molecule has 0 fully saturated rings. The minimum atomic E-state index is -0.889. The van der Waals surface area contributed by atoms with Crippen LogP contribution in [0.5, 0.6) is 5.75 Å². The van der Waals surface area contributed by atoms with Gasteiger partial charge in [0.1, 0.15) is 0 Å². The quantitative estimate of drug-likeness (QED) is 0.560. The van der Waals surface area contributed by atoms with Crippen LogP contribution in [0.25, 0.3) is 10.8 Å². The first-order chi connectivity index (χ1) is 12.1. The van der Waals surface area contributed by atoms with Crippen LogP contribution in [-0.4, -0.2) is 16.9 Å². The van der Waals surface area contributed by atoms with Crippen molar-refractivity contribution in [2.24, 2.45) is 0 Å². The summed E-state index contributed by atoms with van der Waals surface area (Å²) in [6, 6.07) is 19.3. The van der Waals surface area contributed by atoms with Gasteiger partial charge in [-0.05, 0) is 24.4 Å². The summed E-state index contributed by atoms with van der Waals surface area (Å²) < 4.78 is 5.50. The average molecular weight is 336 g/mol. The fourth-order valence-electron chi connectivity index (χ4n) is 2.52. The molecular weight excluding hydrogens is 320 g/mol. The summed E-state index contributed by atoms with van der Waals surface area (Å²) in [5, 5.41) is 15.8. The van der Waals surface area contributed by atoms with Gasteiger partial charge in [-0.1, -0.05) is 48.5 Å². The minimum Gasteiger partial charge on any atom is -0.474 e. The molecule has 3 rings (SSSR count). The van der Waals surface area contributed by atoms with Gasteiger partial charge >= 0.3 is 5.69 Å². The Morgan fingerprint density at radius 1 is 1.04 bits per heavy atom. The first kappa shape index (κ1) is 16.4. The Morgan fingerprint density at radius 2 is 1.72 bits per heavy atom. The van der Waals surface area contributed by atoms with Crippen LogP contribution in [0.15, 0.2) is 66.7 Å². The van der Waals surface area contributed by atoms with Crippen LogP contribution in [0, 0.1) is 10.1 Å². The van der Waals surface area contributed by atoms with E-state index in [4.69, 9.17) is 4.74 Å². The van der Waals surface area contributed by atoms with Gasteiger partial charge in [0, 0.05) is 17.1 Å². The molecule has 0 heterocycles. The van der Waals surface area contributed by atoms with Crippen LogP contribution in [0.1, 0.15) is 6.92 Å². The van der Waals surface area contributed by atoms with E-state index in [2.05, 4.69) is 5.32 Å². The number of hydrogen-bond acceptors (Lipinski definition) is 4. The average Bonchev–Trinajstić information content (AvgIpc) is 2.62. The number of rotatable bonds is 5. The van der Waals surface area contributed by atoms with Gasteiger partial charge in [0.25, 0.3) is 5.91 Å². The molecule has 1 amide bonds. The Bertz CT molecular complexity index is 934. The van der Waals surface area contributed by atoms with Crippen molar-refractivity contribution in [1.82, 2.24) is 0 Å². The lowest BCUT2D eigenvalue weighted by Crippen LogP contribution is -2.30. The number of para-hydroxylation sites is 2. The van der Waals surface area contributed by atoms with Gasteiger partial charge in [0.15, 0.2) is 11.9 Å². The number of nitrogens with one attached hydrogen (secondary N) is 1. The SMILES string of the molecule is C[C@@H](Oc1ccccc1[N+](=O)[O-])C(=O)Nc1cccc2ccccc12. The molecule has 0 spiro atoms. The third-order valence-electron chi connectivity index (χ3n) is 3.78. The fourth-order valence-corrected chi connectivity index (χ4v) is 2.52. The number of amides is 1. The number of nitrogens with zero attached hydrogens (tertiary/aromatic N) is 1. The van der Waals surface area contributed by atoms with Gasteiger partial charge in [0.2, 0.25) is 0 Å². The van der Waals surface area contributed by atoms with E-state index in [-0.39, 0.29) is 17.3 Å². The second kappa shape index (κ2) is 7.00. The molecule has 6 nitrogen and oxygen atoms in total. The van der Waals surface area contributed by atoms with Gasteiger partial charge in [-0.15, -0.1) is 0 Å². The van der Waals surface area contributed by atoms with Gasteiger partial charge in [0.05, 0.1) is 4.92 Å². The van der Waals surface area contributed by atoms with E-state index < -0.39 is 11.0 Å². The van der Waals surface area contributed by atoms with Crippen molar-refractivity contribution in [2.45, 2.75) is 13.0 Å². The van der Waals surface area contributed by atoms with Crippen LogP contribution >= 0.6 is 0 Å². The molecule has 0 unspecified atom stereocenters. The highest BCUT2D eigenvalue weighted by Gasteiger charge is 2.21. The molecule has 0 saturated carbocycles. The first-order valence-corrected chi connectivity index (χ1v) is 7.75. The third kappa shape index (κ3) is 3.58. The van der Waals surface area contributed by atoms with Crippen molar-refractivity contribution in [3.63, 3.8) is 0 Å². The summed E-state index contributed by atoms with van der Waals surface area (Å²) in [5.74, 6) is -0.317. The number of nitro groups is 1. The number of ether oxygens (including phenoxy) is 1. The zero-order valence-corrected chi connectivity index (χ0v) is 13.5. The topological polar surface area (TPSA) is 81.5 Å². The lowest BCUT2D eigenvalue weighted by Gasteiger charge is -2.15. The molecular formula is C19H16N2O4. The number of carbonyl (C=O) groups excluding carboxylic acids is 1. The van der Waals surface area contributed by atoms with Crippen molar-refractivity contribution in [3.05, 3.63) is 76.8 Å². The number of carbonyl (C=O) groups is 1. The van der Waals surface area contributed by atoms with Crippen molar-refractivity contribution < 1.29 is 14.5 Å². The maximum atomic E-state index is 12.4. The number of hydrogen-bond donors (Lipinski definition) is 1. The van der Waals surface area contributed by atoms with E-state index in [1.54, 1.807) is 25.1 Å². The maximum Gasteiger partial charge on any atom is 0.310 e. The van der Waals surface area contributed by atoms with Crippen molar-refractivity contribution in [3.8, 4) is 5.75 Å². The van der Waals surface area contributed by atoms with Crippen LogP contribution in [0.2, 0.25) is 0 Å². The lowest BCUT2D eigenvalue weighted by atomic mass is 10.1. The summed E-state index contributed by atoms with van der Waals surface area (Å²) in [4.78, 5) is 22.9. The van der Waals surface area contributed by atoms with Crippen molar-refractivity contribution in [2.75, 3.05) is 5.32 Å². The standard InChI is InChI=1S/C19H16N2O4/c1-13(25-18-12-5-4-11-17(18)21(23)24)19(22)20-16-10-6-8-14-7-2-3-9-15(14)16/h2-13H,1H3,(H,20,22)/t13-/m1/s1. The smallest absolute Gasteiger partial charge is 0.310 e. The predicted octanol–water partition coefficient (Wildman–Crippen LogP) is 4.15. The predicted molar refractivity (Wildman–Crippen MR) is 95.8 cm³/mol. The summed E-state index contributed by atoms with van der Waals surface area (Å²) in [6.07, 6.45) is -0.889. The van der Waals surface area contributed by atoms with Crippen molar-refractivity contribution in [1.29, 1.82) is 0 Å². The molecule has 0 aromatic heterocycles. The number of anilines is 1. The molecule has 1 atom stereocenters. The number of nitro benzene ring substituents is 1. The number of fused-ring (bicyclic) bond motifs is 1. The molecule has 3 aromatic rings. The van der Waals surface area contributed by atoms with Gasteiger partial charge in [-0.3, -0.25) is 14.9 Å². The zero-order valence-electron chi connectivity index (χ0n) is 13.5. The lowest BCUT2D eigenvalue weighted by molar-refractivity contribution is -0.386. The van der Waals surface area contributed by atoms with E-state index in [0.717, 1.165) is 10.8 Å². The maximum absolute atomic E-state index is 12.4. The number of benzene rings is 3. The molecule has 0 aliphatic carbocycles. The molecule has 3 aromatic carbocycles. The van der Waals surface area contributed by atoms with E-state index in [1.807, 2.05) is 36.4 Å². The highest BCUT2D eigenvalue weighted by Crippen LogP contribution is 2.27. The summed E-state index contributed by atoms with van der Waals surface area (Å²) in [7, 11) is 0. The molecule has 0 saturated heterocycles. The van der Waals surface area contributed by atoms with Crippen LogP contribution in [-0.2, 0) is 4.79 Å². The monoisotopic (exact) mass is 336 g/mol. The Morgan fingerprint density at radius 3 is 2.52 bits per heavy atom. The zero-order chi connectivity index (χ0) is 17.8. The Labute approximate surface area is 144 Å². The molecule has 0 bridgehead atoms. The molecule has 126 valence electrons. The van der Waals surface area contributed by atoms with Gasteiger partial charge in [-0.25, -0.2) is 0 Å². The summed E-state index contributed by atoms with van der Waals surface area (Å²) >= 11 is 0. The van der Waals surface area contributed by atoms with E-state index >= 15 is 0 Å². The Balaban J connectivity index is 1.78. The van der Waals surface area contributed by atoms with E-state index in [1.165, 1.54) is 12.1 Å². The molecule has 25 heavy (non-hydrogen) atoms. The second-order valence-corrected chi connectivity index (χ2v) is 5.50. The highest BCUT2D eigenvalue weighted by atomic mass is 16.6. The van der Waals surface area contributed by atoms with Crippen molar-refractivity contribution >= 4 is 28.1 Å². The normalized spacial score (nSPS) is 11.7. The first-order valence-electron chi connectivity index (χ1n) is 7.75. The van der Waals surface area contributed by atoms with Gasteiger partial charge in [-0.2, -0.15) is 0 Å². The van der Waals surface area contributed by atoms with Crippen LogP contribution in [0.3, 0.4) is 0 Å².